The molecule has 0 atom stereocenters. The van der Waals surface area contributed by atoms with Crippen molar-refractivity contribution in [3.05, 3.63) is 29.0 Å². The summed E-state index contributed by atoms with van der Waals surface area (Å²) in [6, 6.07) is 3.53. The Morgan fingerprint density at radius 2 is 2.15 bits per heavy atom. The SMILES string of the molecule is O=C(COc1ccc(F)cc1Cl)NC1(C(=O)O)CCC1. The van der Waals surface area contributed by atoms with Crippen LogP contribution >= 0.6 is 11.6 Å². The van der Waals surface area contributed by atoms with E-state index >= 15 is 0 Å². The van der Waals surface area contributed by atoms with Crippen molar-refractivity contribution >= 4 is 23.5 Å². The van der Waals surface area contributed by atoms with E-state index in [-0.39, 0.29) is 17.4 Å². The summed E-state index contributed by atoms with van der Waals surface area (Å²) >= 11 is 5.74. The number of halogens is 2. The second kappa shape index (κ2) is 5.66. The van der Waals surface area contributed by atoms with Crippen molar-refractivity contribution in [2.45, 2.75) is 24.8 Å². The topological polar surface area (TPSA) is 75.6 Å². The molecule has 0 aliphatic heterocycles. The number of carboxylic acids is 1. The lowest BCUT2D eigenvalue weighted by Gasteiger charge is -2.38. The summed E-state index contributed by atoms with van der Waals surface area (Å²) in [6.45, 7) is -0.375. The molecule has 1 aromatic rings. The molecular formula is C13H13ClFNO4. The minimum atomic E-state index is -1.17. The molecule has 0 radical (unpaired) electrons. The lowest BCUT2D eigenvalue weighted by Crippen LogP contribution is -2.59. The molecule has 0 heterocycles. The van der Waals surface area contributed by atoms with Crippen LogP contribution in [0.4, 0.5) is 4.39 Å². The van der Waals surface area contributed by atoms with Crippen LogP contribution in [0.25, 0.3) is 0 Å². The zero-order valence-electron chi connectivity index (χ0n) is 10.5. The van der Waals surface area contributed by atoms with E-state index in [0.717, 1.165) is 18.6 Å². The van der Waals surface area contributed by atoms with Gasteiger partial charge in [-0.05, 0) is 37.5 Å². The summed E-state index contributed by atoms with van der Waals surface area (Å²) in [5.41, 5.74) is -1.17. The number of ether oxygens (including phenoxy) is 1. The minimum Gasteiger partial charge on any atom is -0.482 e. The summed E-state index contributed by atoms with van der Waals surface area (Å²) in [5.74, 6) is -1.93. The van der Waals surface area contributed by atoms with Crippen LogP contribution in [0.5, 0.6) is 5.75 Å². The van der Waals surface area contributed by atoms with Crippen molar-refractivity contribution in [3.8, 4) is 5.75 Å². The molecule has 0 spiro atoms. The van der Waals surface area contributed by atoms with Gasteiger partial charge in [-0.3, -0.25) is 4.79 Å². The van der Waals surface area contributed by atoms with Gasteiger partial charge in [-0.25, -0.2) is 9.18 Å². The van der Waals surface area contributed by atoms with Crippen LogP contribution in [0.3, 0.4) is 0 Å². The highest BCUT2D eigenvalue weighted by atomic mass is 35.5. The maximum atomic E-state index is 12.8. The van der Waals surface area contributed by atoms with Gasteiger partial charge in [0.1, 0.15) is 17.1 Å². The maximum absolute atomic E-state index is 12.8. The number of benzene rings is 1. The van der Waals surface area contributed by atoms with Gasteiger partial charge in [-0.15, -0.1) is 0 Å². The quantitative estimate of drug-likeness (QED) is 0.872. The summed E-state index contributed by atoms with van der Waals surface area (Å²) < 4.78 is 18.0. The summed E-state index contributed by atoms with van der Waals surface area (Å²) in [6.07, 6.45) is 1.58. The molecule has 1 aliphatic carbocycles. The van der Waals surface area contributed by atoms with Crippen molar-refractivity contribution < 1.29 is 23.8 Å². The first-order chi connectivity index (χ1) is 9.43. The third kappa shape index (κ3) is 3.01. The Bertz CT molecular complexity index is 545. The van der Waals surface area contributed by atoms with Gasteiger partial charge >= 0.3 is 5.97 Å². The molecule has 108 valence electrons. The van der Waals surface area contributed by atoms with E-state index in [1.54, 1.807) is 0 Å². The smallest absolute Gasteiger partial charge is 0.329 e. The Balaban J connectivity index is 1.91. The molecule has 0 unspecified atom stereocenters. The van der Waals surface area contributed by atoms with Crippen LogP contribution in [0.1, 0.15) is 19.3 Å². The van der Waals surface area contributed by atoms with Gasteiger partial charge in [0.15, 0.2) is 6.61 Å². The van der Waals surface area contributed by atoms with E-state index in [2.05, 4.69) is 5.32 Å². The highest BCUT2D eigenvalue weighted by Crippen LogP contribution is 2.32. The third-order valence-electron chi connectivity index (χ3n) is 3.25. The van der Waals surface area contributed by atoms with Crippen molar-refractivity contribution in [3.63, 3.8) is 0 Å². The molecule has 20 heavy (non-hydrogen) atoms. The number of carbonyl (C=O) groups excluding carboxylic acids is 1. The summed E-state index contributed by atoms with van der Waals surface area (Å²) in [5, 5.41) is 11.6. The van der Waals surface area contributed by atoms with E-state index in [4.69, 9.17) is 21.4 Å². The van der Waals surface area contributed by atoms with E-state index < -0.39 is 23.2 Å². The number of hydrogen-bond donors (Lipinski definition) is 2. The van der Waals surface area contributed by atoms with Gasteiger partial charge in [0.05, 0.1) is 5.02 Å². The molecule has 5 nitrogen and oxygen atoms in total. The fourth-order valence-electron chi connectivity index (χ4n) is 1.96. The molecule has 1 saturated carbocycles. The number of carboxylic acid groups (broad SMARTS) is 1. The van der Waals surface area contributed by atoms with Crippen LogP contribution in [-0.4, -0.2) is 29.1 Å². The highest BCUT2D eigenvalue weighted by molar-refractivity contribution is 6.32. The Morgan fingerprint density at radius 1 is 1.45 bits per heavy atom. The molecule has 2 rings (SSSR count). The van der Waals surface area contributed by atoms with E-state index in [1.807, 2.05) is 0 Å². The molecular weight excluding hydrogens is 289 g/mol. The van der Waals surface area contributed by atoms with Crippen molar-refractivity contribution in [2.75, 3.05) is 6.61 Å². The zero-order valence-corrected chi connectivity index (χ0v) is 11.2. The molecule has 0 saturated heterocycles. The van der Waals surface area contributed by atoms with Gasteiger partial charge < -0.3 is 15.2 Å². The first-order valence-electron chi connectivity index (χ1n) is 6.05. The molecule has 2 N–H and O–H groups in total. The van der Waals surface area contributed by atoms with Gasteiger partial charge in [0.25, 0.3) is 5.91 Å². The van der Waals surface area contributed by atoms with E-state index in [1.165, 1.54) is 6.07 Å². The molecule has 1 fully saturated rings. The number of nitrogens with one attached hydrogen (secondary N) is 1. The van der Waals surface area contributed by atoms with Crippen LogP contribution in [0.15, 0.2) is 18.2 Å². The normalized spacial score (nSPS) is 16.1. The summed E-state index contributed by atoms with van der Waals surface area (Å²) in [7, 11) is 0. The summed E-state index contributed by atoms with van der Waals surface area (Å²) in [4.78, 5) is 22.8. The predicted octanol–water partition coefficient (Wildman–Crippen LogP) is 1.98. The Hall–Kier alpha value is -1.82. The van der Waals surface area contributed by atoms with E-state index in [0.29, 0.717) is 12.8 Å². The Kier molecular flexibility index (Phi) is 4.13. The van der Waals surface area contributed by atoms with Gasteiger partial charge in [0, 0.05) is 0 Å². The van der Waals surface area contributed by atoms with Gasteiger partial charge in [-0.1, -0.05) is 11.6 Å². The average Bonchev–Trinajstić information content (AvgIpc) is 2.32. The minimum absolute atomic E-state index is 0.0504. The number of carbonyl (C=O) groups is 2. The second-order valence-corrected chi connectivity index (χ2v) is 5.06. The monoisotopic (exact) mass is 301 g/mol. The van der Waals surface area contributed by atoms with Crippen LogP contribution in [0, 0.1) is 5.82 Å². The molecule has 7 heteroatoms. The fraction of sp³-hybridized carbons (Fsp3) is 0.385. The van der Waals surface area contributed by atoms with Crippen LogP contribution in [0.2, 0.25) is 5.02 Å². The third-order valence-corrected chi connectivity index (χ3v) is 3.54. The molecule has 0 aromatic heterocycles. The van der Waals surface area contributed by atoms with Crippen molar-refractivity contribution in [1.29, 1.82) is 0 Å². The first kappa shape index (κ1) is 14.6. The molecule has 1 amide bonds. The fourth-order valence-corrected chi connectivity index (χ4v) is 2.18. The number of amides is 1. The number of aliphatic carboxylic acids is 1. The largest absolute Gasteiger partial charge is 0.482 e. The van der Waals surface area contributed by atoms with Crippen molar-refractivity contribution in [2.24, 2.45) is 0 Å². The standard InChI is InChI=1S/C13H13ClFNO4/c14-9-6-8(15)2-3-10(9)20-7-11(17)16-13(12(18)19)4-1-5-13/h2-3,6H,1,4-5,7H2,(H,16,17)(H,18,19). The zero-order chi connectivity index (χ0) is 14.8. The maximum Gasteiger partial charge on any atom is 0.329 e. The molecule has 0 bridgehead atoms. The Labute approximate surface area is 119 Å². The Morgan fingerprint density at radius 3 is 2.65 bits per heavy atom. The molecule has 1 aliphatic rings. The first-order valence-corrected chi connectivity index (χ1v) is 6.43. The lowest BCUT2D eigenvalue weighted by atomic mass is 9.77. The number of rotatable bonds is 5. The number of hydrogen-bond acceptors (Lipinski definition) is 3. The van der Waals surface area contributed by atoms with Gasteiger partial charge in [0.2, 0.25) is 0 Å². The molecule has 1 aromatic carbocycles. The van der Waals surface area contributed by atoms with Crippen LogP contribution < -0.4 is 10.1 Å². The predicted molar refractivity (Wildman–Crippen MR) is 69.3 cm³/mol. The van der Waals surface area contributed by atoms with E-state index in [9.17, 15) is 14.0 Å². The highest BCUT2D eigenvalue weighted by Gasteiger charge is 2.45. The van der Waals surface area contributed by atoms with Crippen molar-refractivity contribution in [1.82, 2.24) is 5.32 Å². The van der Waals surface area contributed by atoms with Gasteiger partial charge in [-0.2, -0.15) is 0 Å². The lowest BCUT2D eigenvalue weighted by molar-refractivity contribution is -0.152. The average molecular weight is 302 g/mol. The second-order valence-electron chi connectivity index (χ2n) is 4.65. The van der Waals surface area contributed by atoms with Crippen LogP contribution in [-0.2, 0) is 9.59 Å².